The fourth-order valence-corrected chi connectivity index (χ4v) is 2.89. The van der Waals surface area contributed by atoms with Gasteiger partial charge in [0.1, 0.15) is 16.3 Å². The van der Waals surface area contributed by atoms with Crippen LogP contribution in [0, 0.1) is 11.6 Å². The van der Waals surface area contributed by atoms with Crippen molar-refractivity contribution < 1.29 is 22.0 Å². The zero-order valence-corrected chi connectivity index (χ0v) is 13.4. The van der Waals surface area contributed by atoms with Crippen molar-refractivity contribution in [2.45, 2.75) is 44.0 Å². The smallest absolute Gasteiger partial charge is 0.264 e. The summed E-state index contributed by atoms with van der Waals surface area (Å²) in [5, 5.41) is 2.48. The Morgan fingerprint density at radius 2 is 1.90 bits per heavy atom. The average molecular weight is 340 g/mol. The lowest BCUT2D eigenvalue weighted by atomic mass is 9.98. The Bertz CT molecular complexity index is 660. The molecule has 8 heteroatoms. The second kappa shape index (κ2) is 6.27. The van der Waals surface area contributed by atoms with E-state index in [0.717, 1.165) is 6.42 Å². The molecule has 0 spiro atoms. The molecule has 0 aliphatic carbocycles. The van der Waals surface area contributed by atoms with Crippen molar-refractivity contribution in [2.75, 3.05) is 0 Å². The van der Waals surface area contributed by atoms with Crippen LogP contribution in [0.2, 0.25) is 0 Å². The highest BCUT2D eigenvalue weighted by molar-refractivity contribution is 8.13. The standard InChI is InChI=1S/C13H16ClF2NO3S/c1-4-7-13(2,3)17-12(18)10-8(15)5-6-9(11(10)16)21(14,19)20/h5-6H,4,7H2,1-3H3,(H,17,18). The van der Waals surface area contributed by atoms with Gasteiger partial charge in [0.2, 0.25) is 0 Å². The third kappa shape index (κ3) is 4.38. The van der Waals surface area contributed by atoms with E-state index < -0.39 is 42.6 Å². The maximum absolute atomic E-state index is 14.1. The van der Waals surface area contributed by atoms with E-state index in [2.05, 4.69) is 5.32 Å². The SMILES string of the molecule is CCCC(C)(C)NC(=O)c1c(F)ccc(S(=O)(=O)Cl)c1F. The van der Waals surface area contributed by atoms with Crippen LogP contribution in [-0.2, 0) is 9.05 Å². The first kappa shape index (κ1) is 17.8. The Balaban J connectivity index is 3.28. The molecule has 0 heterocycles. The molecule has 0 bridgehead atoms. The lowest BCUT2D eigenvalue weighted by molar-refractivity contribution is 0.0899. The van der Waals surface area contributed by atoms with Gasteiger partial charge in [0.05, 0.1) is 0 Å². The van der Waals surface area contributed by atoms with Gasteiger partial charge in [0.25, 0.3) is 15.0 Å². The van der Waals surface area contributed by atoms with Gasteiger partial charge in [-0.2, -0.15) is 0 Å². The van der Waals surface area contributed by atoms with Crippen LogP contribution in [0.3, 0.4) is 0 Å². The number of carbonyl (C=O) groups excluding carboxylic acids is 1. The maximum atomic E-state index is 14.1. The van der Waals surface area contributed by atoms with Gasteiger partial charge in [-0.25, -0.2) is 17.2 Å². The van der Waals surface area contributed by atoms with Gasteiger partial charge in [0, 0.05) is 16.2 Å². The van der Waals surface area contributed by atoms with E-state index >= 15 is 0 Å². The van der Waals surface area contributed by atoms with Crippen LogP contribution in [0.25, 0.3) is 0 Å². The summed E-state index contributed by atoms with van der Waals surface area (Å²) in [7, 11) is 0.644. The van der Waals surface area contributed by atoms with Crippen molar-refractivity contribution in [2.24, 2.45) is 0 Å². The van der Waals surface area contributed by atoms with Crippen molar-refractivity contribution in [1.29, 1.82) is 0 Å². The molecule has 118 valence electrons. The van der Waals surface area contributed by atoms with Crippen molar-refractivity contribution in [3.05, 3.63) is 29.3 Å². The van der Waals surface area contributed by atoms with E-state index in [4.69, 9.17) is 10.7 Å². The maximum Gasteiger partial charge on any atom is 0.264 e. The molecule has 1 amide bonds. The highest BCUT2D eigenvalue weighted by Gasteiger charge is 2.28. The summed E-state index contributed by atoms with van der Waals surface area (Å²) in [4.78, 5) is 11.1. The highest BCUT2D eigenvalue weighted by atomic mass is 35.7. The molecule has 0 saturated heterocycles. The molecule has 4 nitrogen and oxygen atoms in total. The minimum atomic E-state index is -4.41. The van der Waals surface area contributed by atoms with Gasteiger partial charge < -0.3 is 5.32 Å². The van der Waals surface area contributed by atoms with Crippen molar-refractivity contribution in [3.63, 3.8) is 0 Å². The Labute approximate surface area is 126 Å². The van der Waals surface area contributed by atoms with E-state index in [1.807, 2.05) is 6.92 Å². The van der Waals surface area contributed by atoms with Gasteiger partial charge in [-0.3, -0.25) is 4.79 Å². The topological polar surface area (TPSA) is 63.2 Å². The lowest BCUT2D eigenvalue weighted by Crippen LogP contribution is -2.44. The third-order valence-electron chi connectivity index (χ3n) is 2.87. The number of halogens is 3. The summed E-state index contributed by atoms with van der Waals surface area (Å²) < 4.78 is 50.2. The minimum absolute atomic E-state index is 0.593. The summed E-state index contributed by atoms with van der Waals surface area (Å²) >= 11 is 0. The molecule has 0 saturated carbocycles. The highest BCUT2D eigenvalue weighted by Crippen LogP contribution is 2.24. The van der Waals surface area contributed by atoms with E-state index in [-0.39, 0.29) is 0 Å². The molecule has 0 aliphatic rings. The lowest BCUT2D eigenvalue weighted by Gasteiger charge is -2.26. The normalized spacial score (nSPS) is 12.3. The largest absolute Gasteiger partial charge is 0.347 e. The van der Waals surface area contributed by atoms with Crippen molar-refractivity contribution >= 4 is 25.6 Å². The second-order valence-corrected chi connectivity index (χ2v) is 7.79. The molecule has 1 rings (SSSR count). The van der Waals surface area contributed by atoms with Crippen molar-refractivity contribution in [1.82, 2.24) is 5.32 Å². The van der Waals surface area contributed by atoms with Gasteiger partial charge in [-0.1, -0.05) is 13.3 Å². The number of hydrogen-bond acceptors (Lipinski definition) is 3. The Morgan fingerprint density at radius 3 is 2.38 bits per heavy atom. The van der Waals surface area contributed by atoms with E-state index in [0.29, 0.717) is 18.6 Å². The van der Waals surface area contributed by atoms with Crippen LogP contribution < -0.4 is 5.32 Å². The molecular formula is C13H16ClF2NO3S. The monoisotopic (exact) mass is 339 g/mol. The number of rotatable bonds is 5. The second-order valence-electron chi connectivity index (χ2n) is 5.26. The van der Waals surface area contributed by atoms with Gasteiger partial charge in [0.15, 0.2) is 5.82 Å². The Kier molecular flexibility index (Phi) is 5.33. The predicted octanol–water partition coefficient (Wildman–Crippen LogP) is 3.20. The minimum Gasteiger partial charge on any atom is -0.347 e. The molecule has 0 aromatic heterocycles. The van der Waals surface area contributed by atoms with Crippen LogP contribution in [0.15, 0.2) is 17.0 Å². The molecule has 1 aromatic rings. The summed E-state index contributed by atoms with van der Waals surface area (Å²) in [6.07, 6.45) is 1.35. The van der Waals surface area contributed by atoms with E-state index in [9.17, 15) is 22.0 Å². The first-order valence-electron chi connectivity index (χ1n) is 6.25. The third-order valence-corrected chi connectivity index (χ3v) is 4.21. The Morgan fingerprint density at radius 1 is 1.33 bits per heavy atom. The van der Waals surface area contributed by atoms with E-state index in [1.54, 1.807) is 13.8 Å². The molecule has 1 N–H and O–H groups in total. The molecule has 0 atom stereocenters. The van der Waals surface area contributed by atoms with Crippen LogP contribution in [0.4, 0.5) is 8.78 Å². The first-order chi connectivity index (χ1) is 9.49. The summed E-state index contributed by atoms with van der Waals surface area (Å²) in [5.41, 5.74) is -1.64. The van der Waals surface area contributed by atoms with Crippen molar-refractivity contribution in [3.8, 4) is 0 Å². The van der Waals surface area contributed by atoms with Gasteiger partial charge >= 0.3 is 0 Å². The van der Waals surface area contributed by atoms with Crippen LogP contribution in [0.1, 0.15) is 44.0 Å². The molecule has 0 radical (unpaired) electrons. The zero-order chi connectivity index (χ0) is 16.4. The number of amides is 1. The summed E-state index contributed by atoms with van der Waals surface area (Å²) in [6, 6.07) is 1.38. The fourth-order valence-electron chi connectivity index (χ4n) is 1.99. The predicted molar refractivity (Wildman–Crippen MR) is 75.9 cm³/mol. The number of hydrogen-bond donors (Lipinski definition) is 1. The summed E-state index contributed by atoms with van der Waals surface area (Å²) in [5.74, 6) is -3.67. The molecule has 21 heavy (non-hydrogen) atoms. The molecular weight excluding hydrogens is 324 g/mol. The number of carbonyl (C=O) groups is 1. The molecule has 0 fully saturated rings. The number of nitrogens with one attached hydrogen (secondary N) is 1. The van der Waals surface area contributed by atoms with Crippen LogP contribution in [0.5, 0.6) is 0 Å². The number of benzene rings is 1. The fraction of sp³-hybridized carbons (Fsp3) is 0.462. The Hall–Kier alpha value is -1.21. The molecule has 0 unspecified atom stereocenters. The molecule has 0 aliphatic heterocycles. The van der Waals surface area contributed by atoms with Crippen LogP contribution >= 0.6 is 10.7 Å². The summed E-state index contributed by atoms with van der Waals surface area (Å²) in [6.45, 7) is 5.30. The zero-order valence-electron chi connectivity index (χ0n) is 11.8. The average Bonchev–Trinajstić information content (AvgIpc) is 2.25. The quantitative estimate of drug-likeness (QED) is 0.838. The first-order valence-corrected chi connectivity index (χ1v) is 8.55. The van der Waals surface area contributed by atoms with Gasteiger partial charge in [-0.15, -0.1) is 0 Å². The van der Waals surface area contributed by atoms with Gasteiger partial charge in [-0.05, 0) is 32.4 Å². The molecule has 1 aromatic carbocycles. The van der Waals surface area contributed by atoms with Crippen LogP contribution in [-0.4, -0.2) is 19.9 Å². The van der Waals surface area contributed by atoms with E-state index in [1.165, 1.54) is 0 Å².